The third-order valence-corrected chi connectivity index (χ3v) is 2.72. The summed E-state index contributed by atoms with van der Waals surface area (Å²) in [6, 6.07) is 4.72. The highest BCUT2D eigenvalue weighted by Crippen LogP contribution is 2.20. The van der Waals surface area contributed by atoms with Crippen molar-refractivity contribution in [2.24, 2.45) is 0 Å². The molecule has 7 heteroatoms. The van der Waals surface area contributed by atoms with Gasteiger partial charge in [-0.2, -0.15) is 4.52 Å². The van der Waals surface area contributed by atoms with E-state index < -0.39 is 5.97 Å². The number of fused-ring (bicyclic) bond motifs is 1. The van der Waals surface area contributed by atoms with Crippen LogP contribution in [0, 0.1) is 0 Å². The average molecular weight is 258 g/mol. The number of aromatic carboxylic acids is 1. The van der Waals surface area contributed by atoms with Crippen molar-refractivity contribution < 1.29 is 14.3 Å². The standard InChI is InChI=1S/C12H10N4O3/c1-13-9-4-8(12(17)18)5-10-14-11(15-16(9)10)7-2-3-19-6-7/h2-6,13H,1H3,(H,17,18). The molecule has 0 aliphatic rings. The molecule has 2 N–H and O–H groups in total. The zero-order valence-corrected chi connectivity index (χ0v) is 9.99. The second-order valence-electron chi connectivity index (χ2n) is 3.90. The van der Waals surface area contributed by atoms with Crippen LogP contribution in [0.3, 0.4) is 0 Å². The van der Waals surface area contributed by atoms with Crippen molar-refractivity contribution in [3.8, 4) is 11.4 Å². The van der Waals surface area contributed by atoms with Gasteiger partial charge in [0.2, 0.25) is 0 Å². The summed E-state index contributed by atoms with van der Waals surface area (Å²) in [4.78, 5) is 15.3. The van der Waals surface area contributed by atoms with E-state index in [0.717, 1.165) is 5.56 Å². The summed E-state index contributed by atoms with van der Waals surface area (Å²) < 4.78 is 6.53. The molecule has 19 heavy (non-hydrogen) atoms. The Labute approximate surface area is 107 Å². The number of carbonyl (C=O) groups is 1. The molecule has 3 rings (SSSR count). The summed E-state index contributed by atoms with van der Waals surface area (Å²) in [5, 5.41) is 16.3. The van der Waals surface area contributed by atoms with Crippen LogP contribution in [0.1, 0.15) is 10.4 Å². The van der Waals surface area contributed by atoms with E-state index in [-0.39, 0.29) is 5.56 Å². The number of nitrogens with zero attached hydrogens (tertiary/aromatic N) is 3. The number of nitrogens with one attached hydrogen (secondary N) is 1. The number of rotatable bonds is 3. The minimum absolute atomic E-state index is 0.156. The van der Waals surface area contributed by atoms with Gasteiger partial charge in [-0.1, -0.05) is 0 Å². The molecule has 0 fully saturated rings. The lowest BCUT2D eigenvalue weighted by atomic mass is 10.2. The highest BCUT2D eigenvalue weighted by Gasteiger charge is 2.13. The summed E-state index contributed by atoms with van der Waals surface area (Å²) in [7, 11) is 1.69. The molecule has 0 aliphatic heterocycles. The van der Waals surface area contributed by atoms with Crippen molar-refractivity contribution in [1.82, 2.24) is 14.6 Å². The third kappa shape index (κ3) is 1.81. The van der Waals surface area contributed by atoms with Crippen LogP contribution < -0.4 is 5.32 Å². The van der Waals surface area contributed by atoms with Crippen molar-refractivity contribution in [3.63, 3.8) is 0 Å². The topological polar surface area (TPSA) is 92.7 Å². The minimum atomic E-state index is -1.01. The van der Waals surface area contributed by atoms with Gasteiger partial charge in [0, 0.05) is 7.05 Å². The van der Waals surface area contributed by atoms with Gasteiger partial charge in [-0.3, -0.25) is 0 Å². The van der Waals surface area contributed by atoms with Crippen LogP contribution >= 0.6 is 0 Å². The number of carboxylic acid groups (broad SMARTS) is 1. The number of furan rings is 1. The Bertz CT molecular complexity index is 746. The second-order valence-corrected chi connectivity index (χ2v) is 3.90. The number of anilines is 1. The smallest absolute Gasteiger partial charge is 0.335 e. The molecule has 7 nitrogen and oxygen atoms in total. The molecule has 3 aromatic rings. The maximum atomic E-state index is 11.0. The van der Waals surface area contributed by atoms with Gasteiger partial charge >= 0.3 is 5.97 Å². The highest BCUT2D eigenvalue weighted by atomic mass is 16.4. The molecule has 0 aliphatic carbocycles. The number of carboxylic acids is 1. The lowest BCUT2D eigenvalue weighted by Gasteiger charge is -2.03. The first-order chi connectivity index (χ1) is 9.19. The normalized spacial score (nSPS) is 10.8. The summed E-state index contributed by atoms with van der Waals surface area (Å²) in [5.41, 5.74) is 1.35. The van der Waals surface area contributed by atoms with E-state index in [9.17, 15) is 4.79 Å². The molecular weight excluding hydrogens is 248 g/mol. The first-order valence-electron chi connectivity index (χ1n) is 5.53. The van der Waals surface area contributed by atoms with Gasteiger partial charge in [-0.15, -0.1) is 5.10 Å². The third-order valence-electron chi connectivity index (χ3n) is 2.72. The summed E-state index contributed by atoms with van der Waals surface area (Å²) >= 11 is 0. The highest BCUT2D eigenvalue weighted by molar-refractivity contribution is 5.90. The molecular formula is C12H10N4O3. The fourth-order valence-corrected chi connectivity index (χ4v) is 1.80. The van der Waals surface area contributed by atoms with Crippen LogP contribution in [0.5, 0.6) is 0 Å². The number of aromatic nitrogens is 3. The molecule has 3 heterocycles. The zero-order chi connectivity index (χ0) is 13.4. The quantitative estimate of drug-likeness (QED) is 0.743. The second kappa shape index (κ2) is 4.13. The van der Waals surface area contributed by atoms with Crippen molar-refractivity contribution >= 4 is 17.4 Å². The molecule has 0 bridgehead atoms. The Morgan fingerprint density at radius 1 is 1.47 bits per heavy atom. The van der Waals surface area contributed by atoms with Crippen LogP contribution in [-0.2, 0) is 0 Å². The Balaban J connectivity index is 2.24. The van der Waals surface area contributed by atoms with Gasteiger partial charge in [0.25, 0.3) is 0 Å². The summed E-state index contributed by atoms with van der Waals surface area (Å²) in [6.45, 7) is 0. The SMILES string of the molecule is CNc1cc(C(=O)O)cc2nc(-c3ccoc3)nn12. The molecule has 0 spiro atoms. The van der Waals surface area contributed by atoms with Gasteiger partial charge in [0.15, 0.2) is 11.5 Å². The van der Waals surface area contributed by atoms with E-state index in [1.807, 2.05) is 0 Å². The van der Waals surface area contributed by atoms with Gasteiger partial charge in [-0.25, -0.2) is 9.78 Å². The van der Waals surface area contributed by atoms with Crippen molar-refractivity contribution in [3.05, 3.63) is 36.3 Å². The van der Waals surface area contributed by atoms with E-state index in [1.165, 1.54) is 24.7 Å². The van der Waals surface area contributed by atoms with E-state index in [1.54, 1.807) is 17.6 Å². The molecule has 0 amide bonds. The molecule has 0 unspecified atom stereocenters. The predicted octanol–water partition coefficient (Wildman–Crippen LogP) is 1.73. The van der Waals surface area contributed by atoms with E-state index in [0.29, 0.717) is 17.3 Å². The van der Waals surface area contributed by atoms with Gasteiger partial charge < -0.3 is 14.8 Å². The Morgan fingerprint density at radius 2 is 2.32 bits per heavy atom. The number of hydrogen-bond acceptors (Lipinski definition) is 5. The van der Waals surface area contributed by atoms with Gasteiger partial charge in [0.1, 0.15) is 12.1 Å². The predicted molar refractivity (Wildman–Crippen MR) is 67.2 cm³/mol. The van der Waals surface area contributed by atoms with E-state index in [2.05, 4.69) is 15.4 Å². The Morgan fingerprint density at radius 3 is 2.95 bits per heavy atom. The Hall–Kier alpha value is -2.83. The lowest BCUT2D eigenvalue weighted by molar-refractivity contribution is 0.0697. The summed E-state index contributed by atoms with van der Waals surface area (Å²) in [6.07, 6.45) is 3.06. The Kier molecular flexibility index (Phi) is 2.45. The molecule has 96 valence electrons. The van der Waals surface area contributed by atoms with Crippen LogP contribution in [0.15, 0.2) is 35.1 Å². The molecule has 0 atom stereocenters. The van der Waals surface area contributed by atoms with Crippen LogP contribution in [0.4, 0.5) is 5.82 Å². The molecule has 0 saturated carbocycles. The van der Waals surface area contributed by atoms with Crippen molar-refractivity contribution in [2.45, 2.75) is 0 Å². The summed E-state index contributed by atoms with van der Waals surface area (Å²) in [5.74, 6) is 0.0248. The average Bonchev–Trinajstić information content (AvgIpc) is 3.05. The fraction of sp³-hybridized carbons (Fsp3) is 0.0833. The van der Waals surface area contributed by atoms with Gasteiger partial charge in [-0.05, 0) is 18.2 Å². The number of pyridine rings is 1. The maximum absolute atomic E-state index is 11.0. The molecule has 0 aromatic carbocycles. The van der Waals surface area contributed by atoms with Crippen LogP contribution in [0.25, 0.3) is 17.0 Å². The molecule has 3 aromatic heterocycles. The number of hydrogen-bond donors (Lipinski definition) is 2. The lowest BCUT2D eigenvalue weighted by Crippen LogP contribution is -2.04. The maximum Gasteiger partial charge on any atom is 0.335 e. The molecule has 0 radical (unpaired) electrons. The minimum Gasteiger partial charge on any atom is -0.478 e. The van der Waals surface area contributed by atoms with Crippen LogP contribution in [0.2, 0.25) is 0 Å². The van der Waals surface area contributed by atoms with Crippen LogP contribution in [-0.4, -0.2) is 32.7 Å². The fourth-order valence-electron chi connectivity index (χ4n) is 1.80. The first kappa shape index (κ1) is 11.3. The van der Waals surface area contributed by atoms with E-state index >= 15 is 0 Å². The first-order valence-corrected chi connectivity index (χ1v) is 5.53. The largest absolute Gasteiger partial charge is 0.478 e. The van der Waals surface area contributed by atoms with Gasteiger partial charge in [0.05, 0.1) is 17.4 Å². The monoisotopic (exact) mass is 258 g/mol. The van der Waals surface area contributed by atoms with E-state index in [4.69, 9.17) is 9.52 Å². The van der Waals surface area contributed by atoms with Crippen molar-refractivity contribution in [2.75, 3.05) is 12.4 Å². The molecule has 0 saturated heterocycles. The van der Waals surface area contributed by atoms with Crippen molar-refractivity contribution in [1.29, 1.82) is 0 Å². The zero-order valence-electron chi connectivity index (χ0n) is 9.99.